The van der Waals surface area contributed by atoms with Gasteiger partial charge in [0, 0.05) is 12.1 Å². The number of benzene rings is 2. The van der Waals surface area contributed by atoms with E-state index < -0.39 is 17.5 Å². The van der Waals surface area contributed by atoms with E-state index in [1.807, 2.05) is 0 Å². The van der Waals surface area contributed by atoms with Crippen LogP contribution in [-0.4, -0.2) is 11.0 Å². The van der Waals surface area contributed by atoms with Crippen LogP contribution < -0.4 is 5.32 Å². The van der Waals surface area contributed by atoms with Gasteiger partial charge in [0.25, 0.3) is 5.91 Å². The number of hydrogen-bond donors (Lipinski definition) is 2. The Morgan fingerprint density at radius 1 is 1.24 bits per heavy atom. The zero-order valence-corrected chi connectivity index (χ0v) is 10.7. The summed E-state index contributed by atoms with van der Waals surface area (Å²) in [6.07, 6.45) is 0. The van der Waals surface area contributed by atoms with Gasteiger partial charge in [0.2, 0.25) is 0 Å². The molecule has 6 heteroatoms. The van der Waals surface area contributed by atoms with E-state index in [0.29, 0.717) is 0 Å². The van der Waals surface area contributed by atoms with Gasteiger partial charge >= 0.3 is 0 Å². The van der Waals surface area contributed by atoms with E-state index in [1.54, 1.807) is 6.07 Å². The van der Waals surface area contributed by atoms with Gasteiger partial charge in [0.15, 0.2) is 0 Å². The Kier molecular flexibility index (Phi) is 4.14. The normalized spacial score (nSPS) is 9.95. The molecule has 1 amide bonds. The van der Waals surface area contributed by atoms with Crippen LogP contribution in [0.2, 0.25) is 0 Å². The van der Waals surface area contributed by atoms with Gasteiger partial charge in [-0.25, -0.2) is 8.78 Å². The Bertz CT molecular complexity index is 739. The number of amides is 1. The largest absolute Gasteiger partial charge is 0.507 e. The summed E-state index contributed by atoms with van der Waals surface area (Å²) >= 11 is 0. The zero-order valence-electron chi connectivity index (χ0n) is 10.7. The zero-order chi connectivity index (χ0) is 15.4. The molecular weight excluding hydrogens is 278 g/mol. The van der Waals surface area contributed by atoms with E-state index in [1.165, 1.54) is 12.1 Å². The second-order valence-corrected chi connectivity index (χ2v) is 4.26. The molecule has 0 spiro atoms. The molecule has 0 aliphatic heterocycles. The smallest absolute Gasteiger partial charge is 0.255 e. The van der Waals surface area contributed by atoms with Gasteiger partial charge in [-0.05, 0) is 30.3 Å². The van der Waals surface area contributed by atoms with Gasteiger partial charge < -0.3 is 10.4 Å². The standard InChI is InChI=1S/C15H10F2N2O2/c16-11-3-4-14(20)12(6-11)15(21)19-8-10-2-1-9(7-18)5-13(10)17/h1-6,20H,8H2,(H,19,21). The lowest BCUT2D eigenvalue weighted by atomic mass is 10.1. The number of carbonyl (C=O) groups excluding carboxylic acids is 1. The first kappa shape index (κ1) is 14.5. The topological polar surface area (TPSA) is 73.1 Å². The van der Waals surface area contributed by atoms with E-state index in [-0.39, 0.29) is 29.0 Å². The first-order valence-corrected chi connectivity index (χ1v) is 5.96. The van der Waals surface area contributed by atoms with Crippen LogP contribution in [-0.2, 0) is 6.54 Å². The molecule has 0 radical (unpaired) electrons. The van der Waals surface area contributed by atoms with Crippen molar-refractivity contribution in [3.63, 3.8) is 0 Å². The van der Waals surface area contributed by atoms with Crippen molar-refractivity contribution in [3.05, 3.63) is 64.7 Å². The van der Waals surface area contributed by atoms with E-state index in [4.69, 9.17) is 5.26 Å². The third kappa shape index (κ3) is 3.34. The van der Waals surface area contributed by atoms with E-state index in [0.717, 1.165) is 24.3 Å². The van der Waals surface area contributed by atoms with Crippen LogP contribution >= 0.6 is 0 Å². The summed E-state index contributed by atoms with van der Waals surface area (Å²) in [7, 11) is 0. The molecule has 0 unspecified atom stereocenters. The fraction of sp³-hybridized carbons (Fsp3) is 0.0667. The molecule has 4 nitrogen and oxygen atoms in total. The first-order chi connectivity index (χ1) is 10.0. The minimum atomic E-state index is -0.726. The molecule has 2 rings (SSSR count). The maximum absolute atomic E-state index is 13.6. The van der Waals surface area contributed by atoms with Crippen LogP contribution in [0.3, 0.4) is 0 Å². The molecule has 106 valence electrons. The highest BCUT2D eigenvalue weighted by Gasteiger charge is 2.13. The fourth-order valence-corrected chi connectivity index (χ4v) is 1.72. The van der Waals surface area contributed by atoms with Crippen LogP contribution in [0.4, 0.5) is 8.78 Å². The fourth-order valence-electron chi connectivity index (χ4n) is 1.72. The number of hydrogen-bond acceptors (Lipinski definition) is 3. The van der Waals surface area contributed by atoms with Gasteiger partial charge in [-0.15, -0.1) is 0 Å². The molecular formula is C15H10F2N2O2. The second kappa shape index (κ2) is 6.01. The lowest BCUT2D eigenvalue weighted by Gasteiger charge is -2.08. The molecule has 0 heterocycles. The van der Waals surface area contributed by atoms with Crippen molar-refractivity contribution < 1.29 is 18.7 Å². The van der Waals surface area contributed by atoms with Crippen LogP contribution in [0, 0.1) is 23.0 Å². The maximum Gasteiger partial charge on any atom is 0.255 e. The van der Waals surface area contributed by atoms with Gasteiger partial charge in [0.1, 0.15) is 17.4 Å². The molecule has 0 fully saturated rings. The van der Waals surface area contributed by atoms with Crippen LogP contribution in [0.5, 0.6) is 5.75 Å². The molecule has 2 aromatic carbocycles. The van der Waals surface area contributed by atoms with Crippen molar-refractivity contribution in [1.82, 2.24) is 5.32 Å². The van der Waals surface area contributed by atoms with Crippen molar-refractivity contribution in [2.75, 3.05) is 0 Å². The van der Waals surface area contributed by atoms with Crippen LogP contribution in [0.25, 0.3) is 0 Å². The van der Waals surface area contributed by atoms with Crippen molar-refractivity contribution >= 4 is 5.91 Å². The van der Waals surface area contributed by atoms with Gasteiger partial charge in [-0.2, -0.15) is 5.26 Å². The van der Waals surface area contributed by atoms with Crippen molar-refractivity contribution in [2.24, 2.45) is 0 Å². The minimum Gasteiger partial charge on any atom is -0.507 e. The minimum absolute atomic E-state index is 0.146. The number of nitriles is 1. The summed E-state index contributed by atoms with van der Waals surface area (Å²) in [5.41, 5.74) is 0.118. The Hall–Kier alpha value is -2.94. The number of phenolic OH excluding ortho intramolecular Hbond substituents is 1. The lowest BCUT2D eigenvalue weighted by Crippen LogP contribution is -2.23. The molecule has 0 aliphatic carbocycles. The van der Waals surface area contributed by atoms with Gasteiger partial charge in [0.05, 0.1) is 17.2 Å². The van der Waals surface area contributed by atoms with Gasteiger partial charge in [-0.1, -0.05) is 6.07 Å². The molecule has 21 heavy (non-hydrogen) atoms. The predicted molar refractivity (Wildman–Crippen MR) is 70.4 cm³/mol. The molecule has 2 N–H and O–H groups in total. The molecule has 0 bridgehead atoms. The molecule has 0 aliphatic rings. The number of aromatic hydroxyl groups is 1. The SMILES string of the molecule is N#Cc1ccc(CNC(=O)c2cc(F)ccc2O)c(F)c1. The summed E-state index contributed by atoms with van der Waals surface area (Å²) in [5.74, 6) is -2.38. The Labute approximate surface area is 119 Å². The van der Waals surface area contributed by atoms with Crippen molar-refractivity contribution in [3.8, 4) is 11.8 Å². The summed E-state index contributed by atoms with van der Waals surface area (Å²) in [5, 5.41) is 20.5. The predicted octanol–water partition coefficient (Wildman–Crippen LogP) is 2.47. The second-order valence-electron chi connectivity index (χ2n) is 4.26. The molecule has 0 saturated heterocycles. The van der Waals surface area contributed by atoms with E-state index in [2.05, 4.69) is 5.32 Å². The highest BCUT2D eigenvalue weighted by molar-refractivity contribution is 5.96. The Balaban J connectivity index is 2.11. The number of carbonyl (C=O) groups is 1. The first-order valence-electron chi connectivity index (χ1n) is 5.96. The molecule has 2 aromatic rings. The highest BCUT2D eigenvalue weighted by atomic mass is 19.1. The summed E-state index contributed by atoms with van der Waals surface area (Å²) in [6.45, 7) is -0.146. The lowest BCUT2D eigenvalue weighted by molar-refractivity contribution is 0.0947. The average Bonchev–Trinajstić information content (AvgIpc) is 2.48. The average molecular weight is 288 g/mol. The van der Waals surface area contributed by atoms with Crippen molar-refractivity contribution in [2.45, 2.75) is 6.54 Å². The third-order valence-electron chi connectivity index (χ3n) is 2.82. The molecule has 0 saturated carbocycles. The van der Waals surface area contributed by atoms with Crippen molar-refractivity contribution in [1.29, 1.82) is 5.26 Å². The maximum atomic E-state index is 13.6. The number of rotatable bonds is 3. The van der Waals surface area contributed by atoms with Crippen LogP contribution in [0.15, 0.2) is 36.4 Å². The monoisotopic (exact) mass is 288 g/mol. The summed E-state index contributed by atoms with van der Waals surface area (Å²) in [4.78, 5) is 11.8. The number of nitrogens with zero attached hydrogens (tertiary/aromatic N) is 1. The molecule has 0 aromatic heterocycles. The van der Waals surface area contributed by atoms with Crippen LogP contribution in [0.1, 0.15) is 21.5 Å². The number of phenols is 1. The number of halogens is 2. The summed E-state index contributed by atoms with van der Waals surface area (Å²) < 4.78 is 26.7. The van der Waals surface area contributed by atoms with E-state index in [9.17, 15) is 18.7 Å². The van der Waals surface area contributed by atoms with Gasteiger partial charge in [-0.3, -0.25) is 4.79 Å². The molecule has 0 atom stereocenters. The summed E-state index contributed by atoms with van der Waals surface area (Å²) in [6, 6.07) is 8.62. The Morgan fingerprint density at radius 2 is 2.00 bits per heavy atom. The number of nitrogens with one attached hydrogen (secondary N) is 1. The quantitative estimate of drug-likeness (QED) is 0.911. The highest BCUT2D eigenvalue weighted by Crippen LogP contribution is 2.18. The third-order valence-corrected chi connectivity index (χ3v) is 2.82. The van der Waals surface area contributed by atoms with E-state index >= 15 is 0 Å². The Morgan fingerprint density at radius 3 is 2.67 bits per heavy atom.